The molecule has 2 aromatic rings. The Morgan fingerprint density at radius 3 is 2.83 bits per heavy atom. The molecule has 0 unspecified atom stereocenters. The number of carbonyl (C=O) groups excluding carboxylic acids is 1. The van der Waals surface area contributed by atoms with Gasteiger partial charge in [0.25, 0.3) is 0 Å². The lowest BCUT2D eigenvalue weighted by Gasteiger charge is -2.20. The van der Waals surface area contributed by atoms with E-state index in [0.717, 1.165) is 56.4 Å². The third kappa shape index (κ3) is 3.37. The van der Waals surface area contributed by atoms with Crippen LogP contribution in [-0.4, -0.2) is 47.1 Å². The number of aryl methyl sites for hydroxylation is 1. The number of rotatable bonds is 4. The van der Waals surface area contributed by atoms with E-state index in [1.807, 2.05) is 21.7 Å². The lowest BCUT2D eigenvalue weighted by molar-refractivity contribution is -0.131. The standard InChI is InChI=1S/C17H22N4O2S/c22-16(21-6-3-12-9-18-10-13(12)4-7-21)2-1-15-19-17(20-23-15)14-5-8-24-11-14/h5,8,11-13,18H,1-4,6-7,9-10H2/t12-,13+. The Bertz CT molecular complexity index is 671. The van der Waals surface area contributed by atoms with E-state index in [9.17, 15) is 4.79 Å². The van der Waals surface area contributed by atoms with Crippen LogP contribution in [0.4, 0.5) is 0 Å². The van der Waals surface area contributed by atoms with Gasteiger partial charge < -0.3 is 14.7 Å². The van der Waals surface area contributed by atoms with Crippen LogP contribution in [0.15, 0.2) is 21.3 Å². The van der Waals surface area contributed by atoms with E-state index < -0.39 is 0 Å². The predicted octanol–water partition coefficient (Wildman–Crippen LogP) is 2.19. The van der Waals surface area contributed by atoms with Gasteiger partial charge in [0, 0.05) is 36.9 Å². The summed E-state index contributed by atoms with van der Waals surface area (Å²) in [5.41, 5.74) is 0.967. The first-order valence-corrected chi connectivity index (χ1v) is 9.57. The quantitative estimate of drug-likeness (QED) is 0.919. The summed E-state index contributed by atoms with van der Waals surface area (Å²) in [5, 5.41) is 11.4. The van der Waals surface area contributed by atoms with Crippen LogP contribution in [-0.2, 0) is 11.2 Å². The largest absolute Gasteiger partial charge is 0.343 e. The van der Waals surface area contributed by atoms with E-state index in [0.29, 0.717) is 24.6 Å². The molecule has 0 saturated carbocycles. The molecule has 1 amide bonds. The molecule has 7 heteroatoms. The smallest absolute Gasteiger partial charge is 0.227 e. The molecule has 2 saturated heterocycles. The molecule has 2 aromatic heterocycles. The average molecular weight is 346 g/mol. The summed E-state index contributed by atoms with van der Waals surface area (Å²) in [6.07, 6.45) is 3.19. The third-order valence-corrected chi connectivity index (χ3v) is 5.86. The maximum atomic E-state index is 12.5. The number of likely N-dealkylation sites (tertiary alicyclic amines) is 1. The van der Waals surface area contributed by atoms with Crippen LogP contribution >= 0.6 is 11.3 Å². The first-order chi connectivity index (χ1) is 11.8. The SMILES string of the molecule is O=C(CCc1nc(-c2ccsc2)no1)N1CC[C@@H]2CNC[C@@H]2CC1. The zero-order chi connectivity index (χ0) is 16.4. The molecule has 0 bridgehead atoms. The van der Waals surface area contributed by atoms with Crippen molar-refractivity contribution in [3.63, 3.8) is 0 Å². The molecule has 24 heavy (non-hydrogen) atoms. The average Bonchev–Trinajstić information content (AvgIpc) is 3.32. The molecule has 2 aliphatic heterocycles. The Labute approximate surface area is 145 Å². The van der Waals surface area contributed by atoms with E-state index in [1.54, 1.807) is 11.3 Å². The lowest BCUT2D eigenvalue weighted by Crippen LogP contribution is -2.32. The number of carbonyl (C=O) groups is 1. The second-order valence-electron chi connectivity index (χ2n) is 6.66. The van der Waals surface area contributed by atoms with E-state index in [4.69, 9.17) is 4.52 Å². The van der Waals surface area contributed by atoms with E-state index in [2.05, 4.69) is 15.5 Å². The Kier molecular flexibility index (Phi) is 4.62. The molecule has 128 valence electrons. The fourth-order valence-corrected chi connectivity index (χ4v) is 4.34. The number of nitrogens with one attached hydrogen (secondary N) is 1. The van der Waals surface area contributed by atoms with Gasteiger partial charge in [-0.1, -0.05) is 5.16 Å². The lowest BCUT2D eigenvalue weighted by atomic mass is 9.92. The Morgan fingerprint density at radius 2 is 2.12 bits per heavy atom. The van der Waals surface area contributed by atoms with Crippen LogP contribution in [0, 0.1) is 11.8 Å². The van der Waals surface area contributed by atoms with Gasteiger partial charge in [0.2, 0.25) is 17.6 Å². The van der Waals surface area contributed by atoms with Crippen LogP contribution in [0.2, 0.25) is 0 Å². The Balaban J connectivity index is 1.30. The highest BCUT2D eigenvalue weighted by molar-refractivity contribution is 7.08. The zero-order valence-corrected chi connectivity index (χ0v) is 14.4. The summed E-state index contributed by atoms with van der Waals surface area (Å²) in [7, 11) is 0. The van der Waals surface area contributed by atoms with Crippen molar-refractivity contribution in [2.24, 2.45) is 11.8 Å². The molecule has 4 rings (SSSR count). The van der Waals surface area contributed by atoms with Gasteiger partial charge >= 0.3 is 0 Å². The molecule has 0 radical (unpaired) electrons. The zero-order valence-electron chi connectivity index (χ0n) is 13.6. The topological polar surface area (TPSA) is 71.3 Å². The van der Waals surface area contributed by atoms with Gasteiger partial charge in [0.05, 0.1) is 0 Å². The van der Waals surface area contributed by atoms with Gasteiger partial charge in [0.1, 0.15) is 0 Å². The second-order valence-corrected chi connectivity index (χ2v) is 7.44. The Hall–Kier alpha value is -1.73. The van der Waals surface area contributed by atoms with Crippen LogP contribution < -0.4 is 5.32 Å². The molecule has 4 heterocycles. The predicted molar refractivity (Wildman–Crippen MR) is 91.6 cm³/mol. The minimum Gasteiger partial charge on any atom is -0.343 e. The summed E-state index contributed by atoms with van der Waals surface area (Å²) in [4.78, 5) is 18.9. The highest BCUT2D eigenvalue weighted by Crippen LogP contribution is 2.27. The highest BCUT2D eigenvalue weighted by Gasteiger charge is 2.31. The van der Waals surface area contributed by atoms with Gasteiger partial charge in [0.15, 0.2) is 0 Å². The minimum atomic E-state index is 0.207. The monoisotopic (exact) mass is 346 g/mol. The van der Waals surface area contributed by atoms with Crippen LogP contribution in [0.3, 0.4) is 0 Å². The van der Waals surface area contributed by atoms with Crippen molar-refractivity contribution in [1.82, 2.24) is 20.4 Å². The van der Waals surface area contributed by atoms with Crippen LogP contribution in [0.5, 0.6) is 0 Å². The normalized spacial score (nSPS) is 23.9. The summed E-state index contributed by atoms with van der Waals surface area (Å²) in [6.45, 7) is 3.98. The number of nitrogens with zero attached hydrogens (tertiary/aromatic N) is 3. The highest BCUT2D eigenvalue weighted by atomic mass is 32.1. The number of aromatic nitrogens is 2. The molecule has 2 fully saturated rings. The second kappa shape index (κ2) is 7.03. The summed E-state index contributed by atoms with van der Waals surface area (Å²) < 4.78 is 5.28. The van der Waals surface area contributed by atoms with Crippen LogP contribution in [0.25, 0.3) is 11.4 Å². The van der Waals surface area contributed by atoms with Crippen molar-refractivity contribution >= 4 is 17.2 Å². The molecular weight excluding hydrogens is 324 g/mol. The molecule has 0 aliphatic carbocycles. The first kappa shape index (κ1) is 15.8. The summed E-state index contributed by atoms with van der Waals surface area (Å²) >= 11 is 1.60. The van der Waals surface area contributed by atoms with E-state index in [1.165, 1.54) is 0 Å². The number of thiophene rings is 1. The maximum absolute atomic E-state index is 12.5. The molecule has 6 nitrogen and oxygen atoms in total. The number of amides is 1. The van der Waals surface area contributed by atoms with Gasteiger partial charge in [-0.3, -0.25) is 4.79 Å². The number of fused-ring (bicyclic) bond motifs is 1. The van der Waals surface area contributed by atoms with Crippen molar-refractivity contribution < 1.29 is 9.32 Å². The third-order valence-electron chi connectivity index (χ3n) is 5.17. The van der Waals surface area contributed by atoms with Gasteiger partial charge in [-0.2, -0.15) is 16.3 Å². The maximum Gasteiger partial charge on any atom is 0.227 e. The van der Waals surface area contributed by atoms with E-state index >= 15 is 0 Å². The molecule has 0 aromatic carbocycles. The van der Waals surface area contributed by atoms with Gasteiger partial charge in [-0.15, -0.1) is 0 Å². The molecule has 1 N–H and O–H groups in total. The molecule has 0 spiro atoms. The van der Waals surface area contributed by atoms with E-state index in [-0.39, 0.29) is 5.91 Å². The van der Waals surface area contributed by atoms with Crippen LogP contribution in [0.1, 0.15) is 25.2 Å². The summed E-state index contributed by atoms with van der Waals surface area (Å²) in [6, 6.07) is 1.97. The minimum absolute atomic E-state index is 0.207. The fourth-order valence-electron chi connectivity index (χ4n) is 3.70. The fraction of sp³-hybridized carbons (Fsp3) is 0.588. The summed E-state index contributed by atoms with van der Waals surface area (Å²) in [5.74, 6) is 2.84. The molecule has 2 atom stereocenters. The molecule has 2 aliphatic rings. The van der Waals surface area contributed by atoms with Gasteiger partial charge in [-0.05, 0) is 49.2 Å². The number of hydrogen-bond acceptors (Lipinski definition) is 6. The van der Waals surface area contributed by atoms with Gasteiger partial charge in [-0.25, -0.2) is 0 Å². The molecular formula is C17H22N4O2S. The van der Waals surface area contributed by atoms with Crippen molar-refractivity contribution in [1.29, 1.82) is 0 Å². The first-order valence-electron chi connectivity index (χ1n) is 8.63. The Morgan fingerprint density at radius 1 is 1.33 bits per heavy atom. The number of hydrogen-bond donors (Lipinski definition) is 1. The van der Waals surface area contributed by atoms with Crippen molar-refractivity contribution in [3.8, 4) is 11.4 Å². The van der Waals surface area contributed by atoms with Crippen molar-refractivity contribution in [2.45, 2.75) is 25.7 Å². The van der Waals surface area contributed by atoms with Crippen molar-refractivity contribution in [2.75, 3.05) is 26.2 Å². The van der Waals surface area contributed by atoms with Crippen molar-refractivity contribution in [3.05, 3.63) is 22.7 Å².